The van der Waals surface area contributed by atoms with Crippen LogP contribution in [0.1, 0.15) is 69.1 Å². The molecule has 0 aromatic carbocycles. The minimum atomic E-state index is -0.998. The second kappa shape index (κ2) is 9.16. The maximum atomic E-state index is 15.0. The number of carbonyl (C=O) groups is 1. The van der Waals surface area contributed by atoms with E-state index in [2.05, 4.69) is 20.2 Å². The van der Waals surface area contributed by atoms with Crippen LogP contribution in [0, 0.1) is 23.6 Å². The molecule has 4 saturated carbocycles. The Labute approximate surface area is 223 Å². The molecule has 3 N–H and O–H groups in total. The Morgan fingerprint density at radius 2 is 1.87 bits per heavy atom. The number of hydrogen-bond acceptors (Lipinski definition) is 7. The summed E-state index contributed by atoms with van der Waals surface area (Å²) in [7, 11) is 0. The zero-order valence-corrected chi connectivity index (χ0v) is 22.4. The third kappa shape index (κ3) is 4.64. The minimum Gasteiger partial charge on any atom is -0.390 e. The number of anilines is 2. The van der Waals surface area contributed by atoms with Crippen LogP contribution in [0.15, 0.2) is 30.5 Å². The molecule has 38 heavy (non-hydrogen) atoms. The Morgan fingerprint density at radius 3 is 2.47 bits per heavy atom. The van der Waals surface area contributed by atoms with Crippen LogP contribution in [0.2, 0.25) is 0 Å². The molecule has 7 rings (SSSR count). The van der Waals surface area contributed by atoms with Crippen LogP contribution in [0.5, 0.6) is 0 Å². The van der Waals surface area contributed by atoms with Crippen molar-refractivity contribution in [2.45, 2.75) is 76.2 Å². The third-order valence-corrected chi connectivity index (χ3v) is 9.24. The lowest BCUT2D eigenvalue weighted by atomic mass is 9.52. The summed E-state index contributed by atoms with van der Waals surface area (Å²) >= 11 is 0. The Kier molecular flexibility index (Phi) is 6.14. The third-order valence-electron chi connectivity index (χ3n) is 9.24. The number of aromatic nitrogens is 2. The number of carbonyl (C=O) groups excluding carboxylic acids is 1. The molecule has 3 unspecified atom stereocenters. The number of nitrogens with one attached hydrogen (secondary N) is 1. The lowest BCUT2D eigenvalue weighted by Crippen LogP contribution is -2.61. The summed E-state index contributed by atoms with van der Waals surface area (Å²) in [5, 5.41) is 24.2. The quantitative estimate of drug-likeness (QED) is 0.553. The van der Waals surface area contributed by atoms with Crippen LogP contribution in [0.4, 0.5) is 15.9 Å². The highest BCUT2D eigenvalue weighted by molar-refractivity contribution is 5.93. The lowest BCUT2D eigenvalue weighted by molar-refractivity contribution is -0.136. The Morgan fingerprint density at radius 1 is 1.13 bits per heavy atom. The molecule has 0 spiro atoms. The van der Waals surface area contributed by atoms with Gasteiger partial charge < -0.3 is 25.3 Å². The summed E-state index contributed by atoms with van der Waals surface area (Å²) in [5.41, 5.74) is 0.243. The summed E-state index contributed by atoms with van der Waals surface area (Å²) in [6, 6.07) is 6.61. The maximum absolute atomic E-state index is 15.0. The highest BCUT2D eigenvalue weighted by Gasteiger charge is 2.55. The van der Waals surface area contributed by atoms with Crippen molar-refractivity contribution in [2.24, 2.45) is 17.8 Å². The van der Waals surface area contributed by atoms with E-state index in [1.807, 2.05) is 24.0 Å². The molecule has 2 aromatic heterocycles. The monoisotopic (exact) mass is 523 g/mol. The second-order valence-electron chi connectivity index (χ2n) is 12.6. The lowest BCUT2D eigenvalue weighted by Gasteiger charge is -2.58. The number of piperazine rings is 1. The van der Waals surface area contributed by atoms with Gasteiger partial charge in [-0.25, -0.2) is 9.37 Å². The first kappa shape index (κ1) is 25.5. The molecule has 204 valence electrons. The summed E-state index contributed by atoms with van der Waals surface area (Å²) in [5.74, 6) is 0.677. The average Bonchev–Trinajstić information content (AvgIpc) is 2.85. The summed E-state index contributed by atoms with van der Waals surface area (Å²) < 4.78 is 15.0. The highest BCUT2D eigenvalue weighted by Crippen LogP contribution is 2.55. The maximum Gasteiger partial charge on any atom is 0.270 e. The van der Waals surface area contributed by atoms with Crippen LogP contribution < -0.4 is 15.1 Å². The molecule has 5 fully saturated rings. The van der Waals surface area contributed by atoms with Crippen molar-refractivity contribution >= 4 is 17.4 Å². The molecule has 1 saturated heterocycles. The molecule has 0 radical (unpaired) electrons. The molecule has 2 aromatic rings. The smallest absolute Gasteiger partial charge is 0.270 e. The van der Waals surface area contributed by atoms with Gasteiger partial charge in [-0.05, 0) is 94.9 Å². The zero-order chi connectivity index (χ0) is 26.8. The molecule has 9 heteroatoms. The fraction of sp³-hybridized carbons (Fsp3) is 0.621. The molecule has 5 aliphatic rings. The summed E-state index contributed by atoms with van der Waals surface area (Å²) in [6.07, 6.45) is 6.29. The van der Waals surface area contributed by atoms with E-state index in [-0.39, 0.29) is 29.5 Å². The number of rotatable bonds is 5. The van der Waals surface area contributed by atoms with Crippen molar-refractivity contribution in [1.82, 2.24) is 15.3 Å². The zero-order valence-electron chi connectivity index (χ0n) is 22.4. The van der Waals surface area contributed by atoms with Gasteiger partial charge in [-0.3, -0.25) is 9.78 Å². The normalized spacial score (nSPS) is 32.5. The Hall–Kier alpha value is -2.78. The van der Waals surface area contributed by atoms with Gasteiger partial charge >= 0.3 is 0 Å². The fourth-order valence-electron chi connectivity index (χ4n) is 7.64. The summed E-state index contributed by atoms with van der Waals surface area (Å²) in [6.45, 7) is 7.30. The molecular weight excluding hydrogens is 485 g/mol. The predicted octanol–water partition coefficient (Wildman–Crippen LogP) is 3.23. The number of pyridine rings is 2. The Bertz CT molecular complexity index is 1200. The van der Waals surface area contributed by atoms with E-state index in [0.29, 0.717) is 43.1 Å². The first-order chi connectivity index (χ1) is 18.0. The van der Waals surface area contributed by atoms with Crippen molar-refractivity contribution in [1.29, 1.82) is 0 Å². The van der Waals surface area contributed by atoms with Gasteiger partial charge in [-0.15, -0.1) is 0 Å². The number of halogens is 1. The van der Waals surface area contributed by atoms with Crippen LogP contribution >= 0.6 is 0 Å². The molecule has 3 heterocycles. The predicted molar refractivity (Wildman–Crippen MR) is 142 cm³/mol. The molecule has 1 aliphatic heterocycles. The van der Waals surface area contributed by atoms with E-state index < -0.39 is 17.0 Å². The van der Waals surface area contributed by atoms with Crippen molar-refractivity contribution in [2.75, 3.05) is 29.4 Å². The van der Waals surface area contributed by atoms with Gasteiger partial charge in [-0.1, -0.05) is 0 Å². The summed E-state index contributed by atoms with van der Waals surface area (Å²) in [4.78, 5) is 26.3. The molecule has 4 bridgehead atoms. The van der Waals surface area contributed by atoms with Gasteiger partial charge in [0, 0.05) is 31.7 Å². The SMILES string of the molecule is CC1CN(c2ccc(C(C)(C)O)nc2)CCN1c1nc(C(=O)NC2C3CC4CC2CC(O)(C4)C3)ccc1F. The van der Waals surface area contributed by atoms with E-state index in [4.69, 9.17) is 0 Å². The van der Waals surface area contributed by atoms with Crippen LogP contribution in [-0.2, 0) is 5.60 Å². The van der Waals surface area contributed by atoms with Crippen LogP contribution in [0.25, 0.3) is 0 Å². The molecule has 4 aliphatic carbocycles. The molecule has 8 nitrogen and oxygen atoms in total. The first-order valence-electron chi connectivity index (χ1n) is 13.9. The van der Waals surface area contributed by atoms with Crippen molar-refractivity contribution in [3.8, 4) is 0 Å². The van der Waals surface area contributed by atoms with Gasteiger partial charge in [0.2, 0.25) is 0 Å². The fourth-order valence-corrected chi connectivity index (χ4v) is 7.64. The number of nitrogens with zero attached hydrogens (tertiary/aromatic N) is 4. The van der Waals surface area contributed by atoms with Crippen molar-refractivity contribution in [3.63, 3.8) is 0 Å². The van der Waals surface area contributed by atoms with E-state index in [1.165, 1.54) is 12.1 Å². The largest absolute Gasteiger partial charge is 0.390 e. The Balaban J connectivity index is 1.14. The van der Waals surface area contributed by atoms with Crippen molar-refractivity contribution in [3.05, 3.63) is 47.7 Å². The number of hydrogen-bond donors (Lipinski definition) is 3. The average molecular weight is 524 g/mol. The number of aliphatic hydroxyl groups is 2. The van der Waals surface area contributed by atoms with Crippen LogP contribution in [-0.4, -0.2) is 63.4 Å². The van der Waals surface area contributed by atoms with Gasteiger partial charge in [0.05, 0.1) is 23.2 Å². The molecular formula is C29H38FN5O3. The van der Waals surface area contributed by atoms with Gasteiger partial charge in [0.1, 0.15) is 11.3 Å². The number of amides is 1. The van der Waals surface area contributed by atoms with Gasteiger partial charge in [-0.2, -0.15) is 0 Å². The second-order valence-corrected chi connectivity index (χ2v) is 12.6. The van der Waals surface area contributed by atoms with E-state index in [9.17, 15) is 19.4 Å². The standard InChI is InChI=1S/C29H38FN5O3/c1-17-16-34(21-4-7-24(31-15-21)28(2,3)37)8-9-35(17)26-22(30)5-6-23(32-26)27(36)33-25-19-10-18-11-20(25)14-29(38,12-18)13-19/h4-7,15,17-20,25,37-38H,8-14,16H2,1-3H3,(H,33,36). The van der Waals surface area contributed by atoms with E-state index in [0.717, 1.165) is 37.8 Å². The van der Waals surface area contributed by atoms with Gasteiger partial charge in [0.25, 0.3) is 5.91 Å². The van der Waals surface area contributed by atoms with Gasteiger partial charge in [0.15, 0.2) is 11.6 Å². The highest BCUT2D eigenvalue weighted by atomic mass is 19.1. The molecule has 3 atom stereocenters. The molecule has 1 amide bonds. The van der Waals surface area contributed by atoms with E-state index >= 15 is 0 Å². The minimum absolute atomic E-state index is 0.0387. The first-order valence-corrected chi connectivity index (χ1v) is 13.9. The topological polar surface area (TPSA) is 102 Å². The van der Waals surface area contributed by atoms with Crippen LogP contribution in [0.3, 0.4) is 0 Å². The van der Waals surface area contributed by atoms with Crippen molar-refractivity contribution < 1.29 is 19.4 Å². The van der Waals surface area contributed by atoms with E-state index in [1.54, 1.807) is 20.0 Å².